The van der Waals surface area contributed by atoms with Gasteiger partial charge in [0.1, 0.15) is 23.2 Å². The molecule has 4 aromatic rings. The number of hydrogen-bond donors (Lipinski definition) is 4. The molecule has 2 heterocycles. The number of fused-ring (bicyclic) bond motifs is 1. The zero-order valence-electron chi connectivity index (χ0n) is 13.9. The number of anilines is 1. The van der Waals surface area contributed by atoms with Gasteiger partial charge in [0.25, 0.3) is 5.91 Å². The number of hydrogen-bond acceptors (Lipinski definition) is 4. The minimum absolute atomic E-state index is 0.0145. The smallest absolute Gasteiger partial charge is 0.269 e. The van der Waals surface area contributed by atoms with E-state index in [1.54, 1.807) is 0 Å². The number of amides is 1. The van der Waals surface area contributed by atoms with Gasteiger partial charge < -0.3 is 16.0 Å². The van der Waals surface area contributed by atoms with Gasteiger partial charge in [0.15, 0.2) is 5.82 Å². The van der Waals surface area contributed by atoms with E-state index >= 15 is 0 Å². The SMILES string of the molecule is Nc1n[nH]c2ccc(-c3ncc(C(=O)NCc4cc(F)cc(F)c4)[nH]3)cc12. The van der Waals surface area contributed by atoms with E-state index in [2.05, 4.69) is 25.5 Å². The number of imidazole rings is 1. The lowest BCUT2D eigenvalue weighted by molar-refractivity contribution is 0.0946. The highest BCUT2D eigenvalue weighted by molar-refractivity contribution is 5.94. The minimum Gasteiger partial charge on any atom is -0.382 e. The molecule has 1 amide bonds. The summed E-state index contributed by atoms with van der Waals surface area (Å²) in [6.07, 6.45) is 1.39. The van der Waals surface area contributed by atoms with Gasteiger partial charge >= 0.3 is 0 Å². The molecule has 5 N–H and O–H groups in total. The largest absolute Gasteiger partial charge is 0.382 e. The summed E-state index contributed by atoms with van der Waals surface area (Å²) in [5.41, 5.74) is 7.88. The summed E-state index contributed by atoms with van der Waals surface area (Å²) < 4.78 is 26.4. The Morgan fingerprint density at radius 1 is 1.15 bits per heavy atom. The molecule has 9 heteroatoms. The Kier molecular flexibility index (Phi) is 4.03. The summed E-state index contributed by atoms with van der Waals surface area (Å²) in [7, 11) is 0. The van der Waals surface area contributed by atoms with Crippen LogP contribution in [0, 0.1) is 11.6 Å². The lowest BCUT2D eigenvalue weighted by atomic mass is 10.1. The molecule has 0 fully saturated rings. The molecule has 0 saturated carbocycles. The lowest BCUT2D eigenvalue weighted by Crippen LogP contribution is -2.23. The van der Waals surface area contributed by atoms with Crippen LogP contribution in [0.5, 0.6) is 0 Å². The summed E-state index contributed by atoms with van der Waals surface area (Å²) in [6, 6.07) is 8.53. The van der Waals surface area contributed by atoms with E-state index < -0.39 is 17.5 Å². The van der Waals surface area contributed by atoms with Crippen molar-refractivity contribution in [2.75, 3.05) is 5.73 Å². The van der Waals surface area contributed by atoms with E-state index in [1.165, 1.54) is 6.20 Å². The molecule has 7 nitrogen and oxygen atoms in total. The van der Waals surface area contributed by atoms with Crippen LogP contribution in [0.2, 0.25) is 0 Å². The first-order valence-corrected chi connectivity index (χ1v) is 8.02. The second-order valence-electron chi connectivity index (χ2n) is 5.98. The molecule has 2 aromatic carbocycles. The number of H-pyrrole nitrogens is 2. The van der Waals surface area contributed by atoms with Crippen molar-refractivity contribution in [3.05, 3.63) is 65.5 Å². The number of nitrogen functional groups attached to an aromatic ring is 1. The van der Waals surface area contributed by atoms with Crippen molar-refractivity contribution in [2.45, 2.75) is 6.54 Å². The Morgan fingerprint density at radius 2 is 1.93 bits per heavy atom. The fourth-order valence-corrected chi connectivity index (χ4v) is 2.76. The Balaban J connectivity index is 1.50. The molecule has 0 saturated heterocycles. The summed E-state index contributed by atoms with van der Waals surface area (Å²) in [4.78, 5) is 19.4. The first kappa shape index (κ1) is 16.7. The quantitative estimate of drug-likeness (QED) is 0.444. The predicted molar refractivity (Wildman–Crippen MR) is 95.6 cm³/mol. The average Bonchev–Trinajstić information content (AvgIpc) is 3.26. The molecule has 0 aliphatic carbocycles. The van der Waals surface area contributed by atoms with Gasteiger partial charge in [0, 0.05) is 23.6 Å². The van der Waals surface area contributed by atoms with E-state index in [-0.39, 0.29) is 12.2 Å². The Hall–Kier alpha value is -3.75. The van der Waals surface area contributed by atoms with Gasteiger partial charge in [-0.05, 0) is 35.9 Å². The Morgan fingerprint density at radius 3 is 2.70 bits per heavy atom. The molecule has 27 heavy (non-hydrogen) atoms. The Labute approximate surface area is 151 Å². The van der Waals surface area contributed by atoms with E-state index in [9.17, 15) is 13.6 Å². The Bertz CT molecular complexity index is 1130. The third-order valence-electron chi connectivity index (χ3n) is 4.06. The van der Waals surface area contributed by atoms with Gasteiger partial charge in [-0.15, -0.1) is 0 Å². The maximum atomic E-state index is 13.2. The molecule has 136 valence electrons. The molecular weight excluding hydrogens is 354 g/mol. The first-order chi connectivity index (χ1) is 13.0. The number of nitrogens with zero attached hydrogens (tertiary/aromatic N) is 2. The van der Waals surface area contributed by atoms with Gasteiger partial charge in [-0.2, -0.15) is 5.10 Å². The van der Waals surface area contributed by atoms with Crippen molar-refractivity contribution in [1.82, 2.24) is 25.5 Å². The third kappa shape index (κ3) is 3.34. The monoisotopic (exact) mass is 368 g/mol. The van der Waals surface area contributed by atoms with E-state index in [0.717, 1.165) is 34.7 Å². The molecule has 0 aliphatic heterocycles. The first-order valence-electron chi connectivity index (χ1n) is 8.02. The molecule has 0 radical (unpaired) electrons. The number of benzene rings is 2. The van der Waals surface area contributed by atoms with Gasteiger partial charge in [0.2, 0.25) is 0 Å². The third-order valence-corrected chi connectivity index (χ3v) is 4.06. The zero-order valence-corrected chi connectivity index (χ0v) is 13.9. The van der Waals surface area contributed by atoms with Gasteiger partial charge in [-0.1, -0.05) is 0 Å². The minimum atomic E-state index is -0.697. The van der Waals surface area contributed by atoms with E-state index in [4.69, 9.17) is 5.73 Å². The second-order valence-corrected chi connectivity index (χ2v) is 5.98. The van der Waals surface area contributed by atoms with Gasteiger partial charge in [0.05, 0.1) is 11.7 Å². The molecule has 2 aromatic heterocycles. The number of carbonyl (C=O) groups is 1. The second kappa shape index (κ2) is 6.52. The molecule has 0 aliphatic rings. The van der Waals surface area contributed by atoms with Crippen LogP contribution in [-0.2, 0) is 6.54 Å². The van der Waals surface area contributed by atoms with Crippen LogP contribution < -0.4 is 11.1 Å². The van der Waals surface area contributed by atoms with Crippen molar-refractivity contribution >= 4 is 22.6 Å². The highest BCUT2D eigenvalue weighted by Crippen LogP contribution is 2.24. The molecule has 4 rings (SSSR count). The van der Waals surface area contributed by atoms with Crippen molar-refractivity contribution in [2.24, 2.45) is 0 Å². The molecule has 0 unspecified atom stereocenters. The highest BCUT2D eigenvalue weighted by Gasteiger charge is 2.12. The van der Waals surface area contributed by atoms with Crippen molar-refractivity contribution in [3.8, 4) is 11.4 Å². The van der Waals surface area contributed by atoms with Crippen LogP contribution in [0.3, 0.4) is 0 Å². The van der Waals surface area contributed by atoms with Crippen LogP contribution >= 0.6 is 0 Å². The van der Waals surface area contributed by atoms with Crippen molar-refractivity contribution < 1.29 is 13.6 Å². The number of aromatic amines is 2. The van der Waals surface area contributed by atoms with Crippen molar-refractivity contribution in [3.63, 3.8) is 0 Å². The van der Waals surface area contributed by atoms with Crippen LogP contribution in [0.4, 0.5) is 14.6 Å². The number of nitrogens with two attached hydrogens (primary N) is 1. The number of rotatable bonds is 4. The standard InChI is InChI=1S/C18H14F2N6O/c19-11-3-9(4-12(20)6-11)7-23-18(27)15-8-22-17(24-15)10-1-2-14-13(5-10)16(21)26-25-14/h1-6,8H,7H2,(H,22,24)(H,23,27)(H3,21,25,26). The van der Waals surface area contributed by atoms with Crippen molar-refractivity contribution in [1.29, 1.82) is 0 Å². The maximum absolute atomic E-state index is 13.2. The average molecular weight is 368 g/mol. The van der Waals surface area contributed by atoms with E-state index in [0.29, 0.717) is 17.2 Å². The maximum Gasteiger partial charge on any atom is 0.269 e. The number of aromatic nitrogens is 4. The van der Waals surface area contributed by atoms with Crippen LogP contribution in [0.25, 0.3) is 22.3 Å². The molecular formula is C18H14F2N6O. The lowest BCUT2D eigenvalue weighted by Gasteiger charge is -2.04. The molecule has 0 bridgehead atoms. The fraction of sp³-hybridized carbons (Fsp3) is 0.0556. The van der Waals surface area contributed by atoms with Gasteiger partial charge in [-0.3, -0.25) is 9.89 Å². The predicted octanol–water partition coefficient (Wildman–Crippen LogP) is 2.74. The number of nitrogens with one attached hydrogen (secondary N) is 3. The summed E-state index contributed by atoms with van der Waals surface area (Å²) in [6.45, 7) is -0.0145. The van der Waals surface area contributed by atoms with E-state index in [1.807, 2.05) is 18.2 Å². The zero-order chi connectivity index (χ0) is 19.0. The number of halogens is 2. The normalized spacial score (nSPS) is 11.0. The van der Waals surface area contributed by atoms with Crippen LogP contribution in [0.15, 0.2) is 42.6 Å². The van der Waals surface area contributed by atoms with Crippen LogP contribution in [-0.4, -0.2) is 26.1 Å². The topological polar surface area (TPSA) is 112 Å². The van der Waals surface area contributed by atoms with Crippen LogP contribution in [0.1, 0.15) is 16.1 Å². The van der Waals surface area contributed by atoms with Gasteiger partial charge in [-0.25, -0.2) is 13.8 Å². The fourth-order valence-electron chi connectivity index (χ4n) is 2.76. The summed E-state index contributed by atoms with van der Waals surface area (Å²) in [5.74, 6) is -0.977. The molecule has 0 spiro atoms. The molecule has 0 atom stereocenters. The summed E-state index contributed by atoms with van der Waals surface area (Å²) in [5, 5.41) is 10.1. The summed E-state index contributed by atoms with van der Waals surface area (Å²) >= 11 is 0. The highest BCUT2D eigenvalue weighted by atomic mass is 19.1. The number of carbonyl (C=O) groups excluding carboxylic acids is 1.